The number of anilines is 1. The number of nitrogens with zero attached hydrogens (tertiary/aromatic N) is 1. The highest BCUT2D eigenvalue weighted by Crippen LogP contribution is 2.62. The van der Waals surface area contributed by atoms with Gasteiger partial charge in [-0.2, -0.15) is 18.3 Å². The molecule has 3 aliphatic rings. The Labute approximate surface area is 229 Å². The molecule has 2 fully saturated rings. The maximum atomic E-state index is 12.7. The van der Waals surface area contributed by atoms with Gasteiger partial charge in [-0.15, -0.1) is 0 Å². The van der Waals surface area contributed by atoms with E-state index in [4.69, 9.17) is 4.74 Å². The van der Waals surface area contributed by atoms with Gasteiger partial charge >= 0.3 is 12.1 Å². The first-order valence-electron chi connectivity index (χ1n) is 13.9. The Balaban J connectivity index is 1.47. The van der Waals surface area contributed by atoms with E-state index in [2.05, 4.69) is 49.5 Å². The molecule has 3 aliphatic carbocycles. The monoisotopic (exact) mass is 544 g/mol. The number of nitrogens with one attached hydrogen (secondary N) is 1. The van der Waals surface area contributed by atoms with E-state index in [0.29, 0.717) is 23.4 Å². The van der Waals surface area contributed by atoms with Gasteiger partial charge in [0.2, 0.25) is 0 Å². The van der Waals surface area contributed by atoms with Crippen molar-refractivity contribution in [3.8, 4) is 0 Å². The first-order chi connectivity index (χ1) is 18.4. The van der Waals surface area contributed by atoms with E-state index in [1.807, 2.05) is 6.21 Å². The van der Waals surface area contributed by atoms with Crippen molar-refractivity contribution in [1.29, 1.82) is 0 Å². The van der Waals surface area contributed by atoms with E-state index < -0.39 is 17.5 Å². The number of hydrogen-bond acceptors (Lipinski definition) is 5. The van der Waals surface area contributed by atoms with Gasteiger partial charge in [-0.25, -0.2) is 0 Å². The Hall–Kier alpha value is -2.90. The van der Waals surface area contributed by atoms with Crippen LogP contribution in [0.2, 0.25) is 0 Å². The highest BCUT2D eigenvalue weighted by atomic mass is 19.4. The highest BCUT2D eigenvalue weighted by molar-refractivity contribution is 6.00. The van der Waals surface area contributed by atoms with E-state index in [0.717, 1.165) is 57.1 Å². The lowest BCUT2D eigenvalue weighted by molar-refractivity contribution is -0.148. The van der Waals surface area contributed by atoms with Crippen molar-refractivity contribution in [3.05, 3.63) is 53.6 Å². The number of allylic oxidation sites excluding steroid dienone is 3. The normalized spacial score (nSPS) is 32.8. The second-order valence-electron chi connectivity index (χ2n) is 11.8. The lowest BCUT2D eigenvalue weighted by Crippen LogP contribution is -2.50. The lowest BCUT2D eigenvalue weighted by Gasteiger charge is -2.58. The number of ether oxygens (including phenoxy) is 1. The summed E-state index contributed by atoms with van der Waals surface area (Å²) in [5.74, 6) is -0.634. The number of rotatable bonds is 7. The molecule has 1 aromatic carbocycles. The number of halogens is 3. The van der Waals surface area contributed by atoms with E-state index >= 15 is 0 Å². The molecular weight excluding hydrogens is 505 g/mol. The fraction of sp³-hybridized carbons (Fsp3) is 0.581. The third kappa shape index (κ3) is 6.15. The molecule has 0 spiro atoms. The van der Waals surface area contributed by atoms with Crippen LogP contribution in [0.1, 0.15) is 83.0 Å². The highest BCUT2D eigenvalue weighted by Gasteiger charge is 2.54. The van der Waals surface area contributed by atoms with Crippen molar-refractivity contribution in [1.82, 2.24) is 0 Å². The van der Waals surface area contributed by atoms with Crippen LogP contribution >= 0.6 is 0 Å². The molecule has 4 rings (SSSR count). The number of alkyl halides is 3. The molecule has 0 unspecified atom stereocenters. The standard InChI is InChI=1S/C31H39F3N2O3/c1-5-15-29(3)16-13-27-25(11-8-22-19-24(39-20(2)37)12-17-30(22,27)4)26(29)14-18-35-36-23-9-6-21(7-10-23)28(38)31(32,33)34/h5-10,15,18,24-27,36H,11-14,16-17,19H2,1-4H3/b15-5+,35-18+/t24-,25-,26-,27-,29-,30-/m0/s1. The average molecular weight is 545 g/mol. The zero-order valence-corrected chi connectivity index (χ0v) is 23.2. The smallest absolute Gasteiger partial charge is 0.454 e. The molecule has 0 saturated heterocycles. The predicted molar refractivity (Wildman–Crippen MR) is 146 cm³/mol. The molecule has 2 saturated carbocycles. The largest absolute Gasteiger partial charge is 0.462 e. The van der Waals surface area contributed by atoms with Gasteiger partial charge in [-0.3, -0.25) is 15.0 Å². The maximum Gasteiger partial charge on any atom is 0.454 e. The first-order valence-corrected chi connectivity index (χ1v) is 13.9. The molecule has 0 radical (unpaired) electrons. The molecule has 0 bridgehead atoms. The quantitative estimate of drug-likeness (QED) is 0.125. The summed E-state index contributed by atoms with van der Waals surface area (Å²) in [6.45, 7) is 8.28. The Morgan fingerprint density at radius 1 is 1.15 bits per heavy atom. The number of hydrazone groups is 1. The van der Waals surface area contributed by atoms with Gasteiger partial charge in [-0.05, 0) is 98.3 Å². The second-order valence-corrected chi connectivity index (χ2v) is 11.8. The number of carbonyl (C=O) groups is 2. The minimum absolute atomic E-state index is 0.0232. The van der Waals surface area contributed by atoms with E-state index in [-0.39, 0.29) is 22.9 Å². The SMILES string of the molecule is C/C=C/[C@@]1(C)CC[C@H]2[C@@H](CC=C3C[C@@H](OC(C)=O)CC[C@@]32C)[C@@H]1C/C=N/Nc1ccc(C(=O)C(F)(F)F)cc1. The summed E-state index contributed by atoms with van der Waals surface area (Å²) in [5.41, 5.74) is 4.61. The van der Waals surface area contributed by atoms with Crippen LogP contribution in [0, 0.1) is 28.6 Å². The molecule has 212 valence electrons. The summed E-state index contributed by atoms with van der Waals surface area (Å²) in [6, 6.07) is 5.17. The number of carbonyl (C=O) groups excluding carboxylic acids is 2. The second kappa shape index (κ2) is 11.3. The van der Waals surface area contributed by atoms with Crippen molar-refractivity contribution < 1.29 is 27.5 Å². The summed E-state index contributed by atoms with van der Waals surface area (Å²) >= 11 is 0. The van der Waals surface area contributed by atoms with Gasteiger partial charge in [0.25, 0.3) is 5.78 Å². The minimum atomic E-state index is -4.89. The van der Waals surface area contributed by atoms with Crippen molar-refractivity contribution >= 4 is 23.7 Å². The number of ketones is 1. The van der Waals surface area contributed by atoms with Crippen LogP contribution in [0.15, 0.2) is 53.2 Å². The fourth-order valence-electron chi connectivity index (χ4n) is 7.49. The van der Waals surface area contributed by atoms with Crippen molar-refractivity contribution in [2.75, 3.05) is 5.43 Å². The molecule has 0 aliphatic heterocycles. The Bertz CT molecular complexity index is 1160. The Morgan fingerprint density at radius 2 is 1.87 bits per heavy atom. The number of benzene rings is 1. The zero-order chi connectivity index (χ0) is 28.4. The third-order valence-corrected chi connectivity index (χ3v) is 9.43. The van der Waals surface area contributed by atoms with Gasteiger partial charge in [0.1, 0.15) is 6.10 Å². The van der Waals surface area contributed by atoms with Gasteiger partial charge in [-0.1, -0.05) is 37.6 Å². The zero-order valence-electron chi connectivity index (χ0n) is 23.2. The van der Waals surface area contributed by atoms with Crippen LogP contribution in [-0.4, -0.2) is 30.2 Å². The van der Waals surface area contributed by atoms with Gasteiger partial charge in [0.15, 0.2) is 0 Å². The minimum Gasteiger partial charge on any atom is -0.462 e. The molecule has 5 nitrogen and oxygen atoms in total. The molecule has 1 aromatic rings. The maximum absolute atomic E-state index is 12.7. The summed E-state index contributed by atoms with van der Waals surface area (Å²) in [5, 5.41) is 4.39. The van der Waals surface area contributed by atoms with Crippen LogP contribution in [0.5, 0.6) is 0 Å². The van der Waals surface area contributed by atoms with Crippen molar-refractivity contribution in [2.45, 2.75) is 84.9 Å². The predicted octanol–water partition coefficient (Wildman–Crippen LogP) is 7.90. The van der Waals surface area contributed by atoms with Crippen LogP contribution < -0.4 is 5.43 Å². The molecule has 0 aromatic heterocycles. The van der Waals surface area contributed by atoms with Gasteiger partial charge < -0.3 is 4.74 Å². The molecule has 6 atom stereocenters. The molecule has 0 amide bonds. The summed E-state index contributed by atoms with van der Waals surface area (Å²) in [6.07, 6.45) is 10.6. The molecule has 0 heterocycles. The molecule has 8 heteroatoms. The molecule has 39 heavy (non-hydrogen) atoms. The van der Waals surface area contributed by atoms with E-state index in [1.165, 1.54) is 24.6 Å². The van der Waals surface area contributed by atoms with E-state index in [9.17, 15) is 22.8 Å². The van der Waals surface area contributed by atoms with Crippen LogP contribution in [0.3, 0.4) is 0 Å². The number of Topliss-reactive ketones (excluding diaryl/α,β-unsaturated/α-hetero) is 1. The summed E-state index contributed by atoms with van der Waals surface area (Å²) < 4.78 is 43.5. The van der Waals surface area contributed by atoms with Gasteiger partial charge in [0, 0.05) is 25.1 Å². The Morgan fingerprint density at radius 3 is 2.51 bits per heavy atom. The lowest BCUT2D eigenvalue weighted by atomic mass is 9.47. The number of esters is 1. The summed E-state index contributed by atoms with van der Waals surface area (Å²) in [4.78, 5) is 22.9. The van der Waals surface area contributed by atoms with Crippen LogP contribution in [0.25, 0.3) is 0 Å². The van der Waals surface area contributed by atoms with Gasteiger partial charge in [0.05, 0.1) is 5.69 Å². The number of hydrogen-bond donors (Lipinski definition) is 1. The van der Waals surface area contributed by atoms with Crippen molar-refractivity contribution in [2.24, 2.45) is 33.7 Å². The topological polar surface area (TPSA) is 67.8 Å². The average Bonchev–Trinajstić information content (AvgIpc) is 2.87. The van der Waals surface area contributed by atoms with Crippen LogP contribution in [-0.2, 0) is 9.53 Å². The fourth-order valence-corrected chi connectivity index (χ4v) is 7.49. The molecular formula is C31H39F3N2O3. The summed E-state index contributed by atoms with van der Waals surface area (Å²) in [7, 11) is 0. The van der Waals surface area contributed by atoms with E-state index in [1.54, 1.807) is 0 Å². The Kier molecular flexibility index (Phi) is 8.43. The van der Waals surface area contributed by atoms with Crippen LogP contribution in [0.4, 0.5) is 18.9 Å². The molecule has 1 N–H and O–H groups in total. The first kappa shape index (κ1) is 29.1. The third-order valence-electron chi connectivity index (χ3n) is 9.43. The number of fused-ring (bicyclic) bond motifs is 3. The van der Waals surface area contributed by atoms with Crippen molar-refractivity contribution in [3.63, 3.8) is 0 Å².